The van der Waals surface area contributed by atoms with E-state index in [0.29, 0.717) is 12.3 Å². The first-order valence-corrected chi connectivity index (χ1v) is 4.88. The maximum atomic E-state index is 11.2. The average Bonchev–Trinajstić information content (AvgIpc) is 2.29. The number of hydrogen-bond acceptors (Lipinski definition) is 4. The van der Waals surface area contributed by atoms with Gasteiger partial charge in [0.15, 0.2) is 0 Å². The molecular formula is C11H15NO4. The SMILES string of the molecule is COCCOC(=O)Nc1cccc(CO)c1. The van der Waals surface area contributed by atoms with Crippen LogP contribution in [-0.2, 0) is 16.1 Å². The van der Waals surface area contributed by atoms with E-state index in [4.69, 9.17) is 14.6 Å². The topological polar surface area (TPSA) is 67.8 Å². The summed E-state index contributed by atoms with van der Waals surface area (Å²) < 4.78 is 9.56. The Morgan fingerprint density at radius 2 is 2.25 bits per heavy atom. The van der Waals surface area contributed by atoms with E-state index in [1.807, 2.05) is 0 Å². The number of hydrogen-bond donors (Lipinski definition) is 2. The van der Waals surface area contributed by atoms with Crippen molar-refractivity contribution in [1.82, 2.24) is 0 Å². The Morgan fingerprint density at radius 3 is 2.94 bits per heavy atom. The largest absolute Gasteiger partial charge is 0.447 e. The molecule has 0 atom stereocenters. The molecule has 0 saturated heterocycles. The minimum absolute atomic E-state index is 0.0613. The Balaban J connectivity index is 2.43. The van der Waals surface area contributed by atoms with Gasteiger partial charge in [-0.15, -0.1) is 0 Å². The van der Waals surface area contributed by atoms with E-state index in [0.717, 1.165) is 5.56 Å². The predicted octanol–water partition coefficient (Wildman–Crippen LogP) is 1.37. The second-order valence-corrected chi connectivity index (χ2v) is 3.11. The zero-order valence-electron chi connectivity index (χ0n) is 9.10. The normalized spacial score (nSPS) is 9.88. The number of aliphatic hydroxyl groups excluding tert-OH is 1. The fourth-order valence-corrected chi connectivity index (χ4v) is 1.12. The van der Waals surface area contributed by atoms with E-state index < -0.39 is 6.09 Å². The highest BCUT2D eigenvalue weighted by Gasteiger charge is 2.02. The van der Waals surface area contributed by atoms with Crippen LogP contribution in [0.4, 0.5) is 10.5 Å². The molecule has 2 N–H and O–H groups in total. The van der Waals surface area contributed by atoms with Crippen LogP contribution in [0.2, 0.25) is 0 Å². The third-order valence-corrected chi connectivity index (χ3v) is 1.88. The molecule has 5 heteroatoms. The third-order valence-electron chi connectivity index (χ3n) is 1.88. The summed E-state index contributed by atoms with van der Waals surface area (Å²) in [5, 5.41) is 11.5. The molecule has 0 spiro atoms. The standard InChI is InChI=1S/C11H15NO4/c1-15-5-6-16-11(14)12-10-4-2-3-9(7-10)8-13/h2-4,7,13H,5-6,8H2,1H3,(H,12,14). The third kappa shape index (κ3) is 4.29. The number of carbonyl (C=O) groups excluding carboxylic acids is 1. The van der Waals surface area contributed by atoms with Gasteiger partial charge in [0, 0.05) is 12.8 Å². The van der Waals surface area contributed by atoms with Crippen molar-refractivity contribution in [2.24, 2.45) is 0 Å². The maximum absolute atomic E-state index is 11.2. The molecule has 16 heavy (non-hydrogen) atoms. The highest BCUT2D eigenvalue weighted by atomic mass is 16.6. The number of aliphatic hydroxyl groups is 1. The molecule has 0 aliphatic rings. The zero-order chi connectivity index (χ0) is 11.8. The van der Waals surface area contributed by atoms with Crippen LogP contribution in [0, 0.1) is 0 Å². The summed E-state index contributed by atoms with van der Waals surface area (Å²) >= 11 is 0. The van der Waals surface area contributed by atoms with Gasteiger partial charge in [-0.05, 0) is 17.7 Å². The second kappa shape index (κ2) is 6.81. The van der Waals surface area contributed by atoms with Gasteiger partial charge in [0.1, 0.15) is 6.61 Å². The lowest BCUT2D eigenvalue weighted by Gasteiger charge is -2.07. The highest BCUT2D eigenvalue weighted by Crippen LogP contribution is 2.10. The van der Waals surface area contributed by atoms with Crippen LogP contribution in [0.15, 0.2) is 24.3 Å². The van der Waals surface area contributed by atoms with Crippen LogP contribution >= 0.6 is 0 Å². The molecule has 0 aromatic heterocycles. The lowest BCUT2D eigenvalue weighted by Crippen LogP contribution is -2.16. The summed E-state index contributed by atoms with van der Waals surface area (Å²) in [5.41, 5.74) is 1.32. The van der Waals surface area contributed by atoms with Gasteiger partial charge in [-0.1, -0.05) is 12.1 Å². The van der Waals surface area contributed by atoms with E-state index >= 15 is 0 Å². The molecule has 0 saturated carbocycles. The number of nitrogens with one attached hydrogen (secondary N) is 1. The van der Waals surface area contributed by atoms with Crippen LogP contribution < -0.4 is 5.32 Å². The molecule has 88 valence electrons. The molecule has 5 nitrogen and oxygen atoms in total. The van der Waals surface area contributed by atoms with Crippen LogP contribution in [0.5, 0.6) is 0 Å². The molecular weight excluding hydrogens is 210 g/mol. The predicted molar refractivity (Wildman–Crippen MR) is 59.2 cm³/mol. The smallest absolute Gasteiger partial charge is 0.411 e. The van der Waals surface area contributed by atoms with Crippen LogP contribution in [0.25, 0.3) is 0 Å². The van der Waals surface area contributed by atoms with Crippen LogP contribution in [-0.4, -0.2) is 31.5 Å². The van der Waals surface area contributed by atoms with Crippen molar-refractivity contribution in [3.8, 4) is 0 Å². The zero-order valence-corrected chi connectivity index (χ0v) is 9.10. The van der Waals surface area contributed by atoms with Gasteiger partial charge in [-0.25, -0.2) is 4.79 Å². The molecule has 1 aromatic carbocycles. The first-order valence-electron chi connectivity index (χ1n) is 4.88. The quantitative estimate of drug-likeness (QED) is 0.743. The van der Waals surface area contributed by atoms with E-state index in [9.17, 15) is 4.79 Å². The van der Waals surface area contributed by atoms with E-state index in [2.05, 4.69) is 5.32 Å². The molecule has 0 aliphatic heterocycles. The molecule has 0 aliphatic carbocycles. The van der Waals surface area contributed by atoms with Crippen molar-refractivity contribution in [1.29, 1.82) is 0 Å². The molecule has 0 fully saturated rings. The van der Waals surface area contributed by atoms with Gasteiger partial charge in [-0.2, -0.15) is 0 Å². The summed E-state index contributed by atoms with van der Waals surface area (Å²) in [6.45, 7) is 0.514. The Labute approximate surface area is 94.0 Å². The molecule has 1 aromatic rings. The Bertz CT molecular complexity index is 341. The lowest BCUT2D eigenvalue weighted by atomic mass is 10.2. The number of rotatable bonds is 5. The van der Waals surface area contributed by atoms with Crippen LogP contribution in [0.1, 0.15) is 5.56 Å². The van der Waals surface area contributed by atoms with E-state index in [1.165, 1.54) is 7.11 Å². The Morgan fingerprint density at radius 1 is 1.44 bits per heavy atom. The minimum Gasteiger partial charge on any atom is -0.447 e. The molecule has 1 amide bonds. The van der Waals surface area contributed by atoms with Gasteiger partial charge in [0.2, 0.25) is 0 Å². The molecule has 1 rings (SSSR count). The van der Waals surface area contributed by atoms with Gasteiger partial charge < -0.3 is 14.6 Å². The first-order chi connectivity index (χ1) is 7.76. The summed E-state index contributed by atoms with van der Waals surface area (Å²) in [4.78, 5) is 11.2. The molecule has 0 unspecified atom stereocenters. The Kier molecular flexibility index (Phi) is 5.31. The van der Waals surface area contributed by atoms with Gasteiger partial charge in [0.05, 0.1) is 13.2 Å². The van der Waals surface area contributed by atoms with E-state index in [-0.39, 0.29) is 13.2 Å². The van der Waals surface area contributed by atoms with Crippen molar-refractivity contribution in [2.45, 2.75) is 6.61 Å². The number of anilines is 1. The summed E-state index contributed by atoms with van der Waals surface area (Å²) in [5.74, 6) is 0. The maximum Gasteiger partial charge on any atom is 0.411 e. The second-order valence-electron chi connectivity index (χ2n) is 3.11. The number of carbonyl (C=O) groups is 1. The van der Waals surface area contributed by atoms with Gasteiger partial charge in [0.25, 0.3) is 0 Å². The monoisotopic (exact) mass is 225 g/mol. The summed E-state index contributed by atoms with van der Waals surface area (Å²) in [6.07, 6.45) is -0.535. The summed E-state index contributed by atoms with van der Waals surface area (Å²) in [6, 6.07) is 6.91. The lowest BCUT2D eigenvalue weighted by molar-refractivity contribution is 0.107. The molecule has 0 bridgehead atoms. The minimum atomic E-state index is -0.535. The number of ether oxygens (including phenoxy) is 2. The van der Waals surface area contributed by atoms with Crippen molar-refractivity contribution in [3.63, 3.8) is 0 Å². The number of methoxy groups -OCH3 is 1. The summed E-state index contributed by atoms with van der Waals surface area (Å²) in [7, 11) is 1.53. The van der Waals surface area contributed by atoms with Crippen molar-refractivity contribution < 1.29 is 19.4 Å². The van der Waals surface area contributed by atoms with Crippen molar-refractivity contribution in [2.75, 3.05) is 25.6 Å². The fraction of sp³-hybridized carbons (Fsp3) is 0.364. The number of benzene rings is 1. The van der Waals surface area contributed by atoms with Crippen molar-refractivity contribution in [3.05, 3.63) is 29.8 Å². The number of amides is 1. The van der Waals surface area contributed by atoms with Crippen LogP contribution in [0.3, 0.4) is 0 Å². The highest BCUT2D eigenvalue weighted by molar-refractivity contribution is 5.84. The first kappa shape index (κ1) is 12.5. The Hall–Kier alpha value is -1.59. The van der Waals surface area contributed by atoms with Crippen molar-refractivity contribution >= 4 is 11.8 Å². The van der Waals surface area contributed by atoms with Gasteiger partial charge in [-0.3, -0.25) is 5.32 Å². The van der Waals surface area contributed by atoms with E-state index in [1.54, 1.807) is 24.3 Å². The molecule has 0 radical (unpaired) electrons. The molecule has 0 heterocycles. The fourth-order valence-electron chi connectivity index (χ4n) is 1.12. The van der Waals surface area contributed by atoms with Gasteiger partial charge >= 0.3 is 6.09 Å². The average molecular weight is 225 g/mol.